The molecule has 0 unspecified atom stereocenters. The van der Waals surface area contributed by atoms with Crippen LogP contribution in [0.25, 0.3) is 11.2 Å². The van der Waals surface area contributed by atoms with Gasteiger partial charge in [0.25, 0.3) is 0 Å². The first-order valence-electron chi connectivity index (χ1n) is 7.50. The number of nitrogens with zero attached hydrogens (tertiary/aromatic N) is 4. The van der Waals surface area contributed by atoms with E-state index < -0.39 is 0 Å². The molecule has 0 saturated heterocycles. The zero-order valence-electron chi connectivity index (χ0n) is 12.8. The van der Waals surface area contributed by atoms with Gasteiger partial charge >= 0.3 is 0 Å². The van der Waals surface area contributed by atoms with Crippen molar-refractivity contribution in [2.45, 2.75) is 57.9 Å². The highest BCUT2D eigenvalue weighted by Gasteiger charge is 2.42. The summed E-state index contributed by atoms with van der Waals surface area (Å²) >= 11 is 6.16. The molecule has 2 aromatic heterocycles. The molecule has 0 aliphatic heterocycles. The van der Waals surface area contributed by atoms with Gasteiger partial charge in [-0.1, -0.05) is 13.3 Å². The lowest BCUT2D eigenvalue weighted by Gasteiger charge is -2.29. The SMILES string of the molecule is CCCc1nn(C)c2c1nc(CCl)n2C(C)(C)C1CC1. The van der Waals surface area contributed by atoms with Crippen LogP contribution < -0.4 is 0 Å². The molecule has 1 fully saturated rings. The van der Waals surface area contributed by atoms with Crippen LogP contribution in [0.2, 0.25) is 0 Å². The van der Waals surface area contributed by atoms with E-state index in [1.165, 1.54) is 12.8 Å². The first-order chi connectivity index (χ1) is 9.50. The van der Waals surface area contributed by atoms with E-state index in [9.17, 15) is 0 Å². The third kappa shape index (κ3) is 1.96. The average molecular weight is 295 g/mol. The van der Waals surface area contributed by atoms with Gasteiger partial charge in [-0.25, -0.2) is 4.98 Å². The lowest BCUT2D eigenvalue weighted by atomic mass is 9.98. The van der Waals surface area contributed by atoms with Crippen LogP contribution in [0.15, 0.2) is 0 Å². The number of aromatic nitrogens is 4. The molecule has 3 rings (SSSR count). The van der Waals surface area contributed by atoms with Gasteiger partial charge < -0.3 is 4.57 Å². The van der Waals surface area contributed by atoms with E-state index in [-0.39, 0.29) is 5.54 Å². The Kier molecular flexibility index (Phi) is 3.32. The van der Waals surface area contributed by atoms with Crippen molar-refractivity contribution in [3.63, 3.8) is 0 Å². The molecule has 2 heterocycles. The Morgan fingerprint density at radius 2 is 2.05 bits per heavy atom. The summed E-state index contributed by atoms with van der Waals surface area (Å²) in [5, 5.41) is 4.66. The van der Waals surface area contributed by atoms with Gasteiger partial charge in [-0.2, -0.15) is 5.10 Å². The molecule has 0 bridgehead atoms. The lowest BCUT2D eigenvalue weighted by Crippen LogP contribution is -2.31. The Bertz CT molecular complexity index is 634. The minimum Gasteiger partial charge on any atom is -0.306 e. The molecule has 110 valence electrons. The fraction of sp³-hybridized carbons (Fsp3) is 0.733. The summed E-state index contributed by atoms with van der Waals surface area (Å²) in [6.45, 7) is 6.77. The molecule has 4 nitrogen and oxygen atoms in total. The number of rotatable bonds is 5. The number of halogens is 1. The highest BCUT2D eigenvalue weighted by Crippen LogP contribution is 2.46. The number of alkyl halides is 1. The molecule has 20 heavy (non-hydrogen) atoms. The molecule has 1 aliphatic carbocycles. The van der Waals surface area contributed by atoms with Gasteiger partial charge in [-0.3, -0.25) is 4.68 Å². The van der Waals surface area contributed by atoms with Crippen LogP contribution in [0.1, 0.15) is 51.6 Å². The summed E-state index contributed by atoms with van der Waals surface area (Å²) in [7, 11) is 2.01. The number of aryl methyl sites for hydroxylation is 2. The smallest absolute Gasteiger partial charge is 0.159 e. The van der Waals surface area contributed by atoms with Crippen LogP contribution in [0.5, 0.6) is 0 Å². The second-order valence-electron chi connectivity index (χ2n) is 6.42. The Balaban J connectivity index is 2.23. The Morgan fingerprint density at radius 1 is 1.35 bits per heavy atom. The van der Waals surface area contributed by atoms with Crippen molar-refractivity contribution in [3.8, 4) is 0 Å². The summed E-state index contributed by atoms with van der Waals surface area (Å²) in [5.74, 6) is 2.16. The molecular formula is C15H23ClN4. The summed E-state index contributed by atoms with van der Waals surface area (Å²) in [5.41, 5.74) is 3.33. The van der Waals surface area contributed by atoms with E-state index in [2.05, 4.69) is 30.4 Å². The topological polar surface area (TPSA) is 35.6 Å². The molecule has 1 aliphatic rings. The van der Waals surface area contributed by atoms with Gasteiger partial charge in [0.15, 0.2) is 5.65 Å². The normalized spacial score (nSPS) is 16.2. The van der Waals surface area contributed by atoms with Crippen molar-refractivity contribution in [2.24, 2.45) is 13.0 Å². The molecule has 0 radical (unpaired) electrons. The van der Waals surface area contributed by atoms with Crippen molar-refractivity contribution in [1.82, 2.24) is 19.3 Å². The van der Waals surface area contributed by atoms with Crippen molar-refractivity contribution < 1.29 is 0 Å². The van der Waals surface area contributed by atoms with Crippen LogP contribution in [-0.4, -0.2) is 19.3 Å². The third-order valence-electron chi connectivity index (χ3n) is 4.53. The second kappa shape index (κ2) is 4.76. The molecule has 0 amide bonds. The van der Waals surface area contributed by atoms with Crippen molar-refractivity contribution in [1.29, 1.82) is 0 Å². The van der Waals surface area contributed by atoms with Crippen LogP contribution in [0.3, 0.4) is 0 Å². The third-order valence-corrected chi connectivity index (χ3v) is 4.77. The van der Waals surface area contributed by atoms with E-state index in [4.69, 9.17) is 16.6 Å². The molecule has 2 aromatic rings. The maximum Gasteiger partial charge on any atom is 0.159 e. The molecule has 0 atom stereocenters. The highest BCUT2D eigenvalue weighted by atomic mass is 35.5. The van der Waals surface area contributed by atoms with Crippen LogP contribution in [-0.2, 0) is 24.9 Å². The summed E-state index contributed by atoms with van der Waals surface area (Å²) in [6, 6.07) is 0. The van der Waals surface area contributed by atoms with Crippen LogP contribution in [0, 0.1) is 5.92 Å². The second-order valence-corrected chi connectivity index (χ2v) is 6.68. The van der Waals surface area contributed by atoms with Gasteiger partial charge in [-0.15, -0.1) is 11.6 Å². The molecule has 5 heteroatoms. The van der Waals surface area contributed by atoms with E-state index in [1.54, 1.807) is 0 Å². The van der Waals surface area contributed by atoms with Gasteiger partial charge in [0.05, 0.1) is 11.6 Å². The zero-order chi connectivity index (χ0) is 14.5. The maximum atomic E-state index is 6.16. The quantitative estimate of drug-likeness (QED) is 0.790. The van der Waals surface area contributed by atoms with Crippen molar-refractivity contribution in [2.75, 3.05) is 0 Å². The first kappa shape index (κ1) is 13.9. The zero-order valence-corrected chi connectivity index (χ0v) is 13.5. The van der Waals surface area contributed by atoms with Gasteiger partial charge in [0, 0.05) is 12.6 Å². The first-order valence-corrected chi connectivity index (χ1v) is 8.03. The Morgan fingerprint density at radius 3 is 2.60 bits per heavy atom. The Hall–Kier alpha value is -1.03. The fourth-order valence-corrected chi connectivity index (χ4v) is 3.48. The predicted octanol–water partition coefficient (Wildman–Crippen LogP) is 3.61. The van der Waals surface area contributed by atoms with Gasteiger partial charge in [0.2, 0.25) is 0 Å². The largest absolute Gasteiger partial charge is 0.306 e. The van der Waals surface area contributed by atoms with Gasteiger partial charge in [-0.05, 0) is 39.0 Å². The fourth-order valence-electron chi connectivity index (χ4n) is 3.30. The van der Waals surface area contributed by atoms with E-state index >= 15 is 0 Å². The summed E-state index contributed by atoms with van der Waals surface area (Å²) in [6.07, 6.45) is 4.66. The van der Waals surface area contributed by atoms with E-state index in [0.29, 0.717) is 5.88 Å². The van der Waals surface area contributed by atoms with Crippen LogP contribution >= 0.6 is 11.6 Å². The predicted molar refractivity (Wildman–Crippen MR) is 82.1 cm³/mol. The minimum absolute atomic E-state index is 0.0657. The van der Waals surface area contributed by atoms with Gasteiger partial charge in [0.1, 0.15) is 11.3 Å². The average Bonchev–Trinajstić information content (AvgIpc) is 3.12. The summed E-state index contributed by atoms with van der Waals surface area (Å²) < 4.78 is 4.31. The molecule has 0 aromatic carbocycles. The monoisotopic (exact) mass is 294 g/mol. The summed E-state index contributed by atoms with van der Waals surface area (Å²) in [4.78, 5) is 4.79. The number of hydrogen-bond donors (Lipinski definition) is 0. The maximum absolute atomic E-state index is 6.16. The molecule has 1 saturated carbocycles. The van der Waals surface area contributed by atoms with E-state index in [0.717, 1.165) is 41.4 Å². The Labute approximate surface area is 125 Å². The van der Waals surface area contributed by atoms with Crippen molar-refractivity contribution >= 4 is 22.8 Å². The number of hydrogen-bond acceptors (Lipinski definition) is 2. The van der Waals surface area contributed by atoms with Crippen molar-refractivity contribution in [3.05, 3.63) is 11.5 Å². The number of imidazole rings is 1. The molecule has 0 spiro atoms. The highest BCUT2D eigenvalue weighted by molar-refractivity contribution is 6.16. The number of fused-ring (bicyclic) bond motifs is 1. The van der Waals surface area contributed by atoms with Crippen LogP contribution in [0.4, 0.5) is 0 Å². The minimum atomic E-state index is 0.0657. The standard InChI is InChI=1S/C15H23ClN4/c1-5-6-11-13-14(19(4)18-11)20(12(9-16)17-13)15(2,3)10-7-8-10/h10H,5-9H2,1-4H3. The van der Waals surface area contributed by atoms with E-state index in [1.807, 2.05) is 11.7 Å². The molecular weight excluding hydrogens is 272 g/mol. The molecule has 0 N–H and O–H groups in total. The lowest BCUT2D eigenvalue weighted by molar-refractivity contribution is 0.302.